The number of carbonyl (C=O) groups is 1. The quantitative estimate of drug-likeness (QED) is 0.858. The molecule has 3 fully saturated rings. The molecular formula is C14H16FN3O. The van der Waals surface area contributed by atoms with E-state index >= 15 is 0 Å². The number of halogens is 1. The van der Waals surface area contributed by atoms with E-state index in [2.05, 4.69) is 15.6 Å². The molecule has 0 aromatic carbocycles. The van der Waals surface area contributed by atoms with Crippen molar-refractivity contribution >= 4 is 11.8 Å². The number of nitrogens with zero attached hydrogens (tertiary/aromatic N) is 1. The van der Waals surface area contributed by atoms with Crippen LogP contribution < -0.4 is 10.6 Å². The molecule has 5 atom stereocenters. The number of amides is 2. The Labute approximate surface area is 110 Å². The van der Waals surface area contributed by atoms with Gasteiger partial charge in [-0.25, -0.2) is 14.2 Å². The molecule has 1 unspecified atom stereocenters. The normalized spacial score (nSPS) is 37.8. The fourth-order valence-corrected chi connectivity index (χ4v) is 4.27. The highest BCUT2D eigenvalue weighted by molar-refractivity contribution is 5.88. The van der Waals surface area contributed by atoms with Crippen molar-refractivity contribution in [3.8, 4) is 0 Å². The summed E-state index contributed by atoms with van der Waals surface area (Å²) in [5.74, 6) is 3.08. The molecule has 2 bridgehead atoms. The van der Waals surface area contributed by atoms with Gasteiger partial charge >= 0.3 is 6.03 Å². The van der Waals surface area contributed by atoms with Crippen molar-refractivity contribution in [1.82, 2.24) is 10.3 Å². The maximum absolute atomic E-state index is 12.7. The molecule has 100 valence electrons. The van der Waals surface area contributed by atoms with Gasteiger partial charge in [-0.15, -0.1) is 0 Å². The Morgan fingerprint density at radius 1 is 1.26 bits per heavy atom. The van der Waals surface area contributed by atoms with Crippen molar-refractivity contribution in [2.45, 2.75) is 25.3 Å². The zero-order valence-electron chi connectivity index (χ0n) is 10.5. The summed E-state index contributed by atoms with van der Waals surface area (Å²) in [7, 11) is 0. The van der Waals surface area contributed by atoms with E-state index in [0.29, 0.717) is 23.7 Å². The fraction of sp³-hybridized carbons (Fsp3) is 0.571. The van der Waals surface area contributed by atoms with Gasteiger partial charge in [-0.05, 0) is 55.1 Å². The molecule has 0 aliphatic heterocycles. The summed E-state index contributed by atoms with van der Waals surface area (Å²) in [6.07, 6.45) is 5.15. The van der Waals surface area contributed by atoms with E-state index in [9.17, 15) is 9.18 Å². The van der Waals surface area contributed by atoms with Crippen LogP contribution in [-0.4, -0.2) is 17.1 Å². The molecule has 1 aromatic rings. The highest BCUT2D eigenvalue weighted by atomic mass is 19.1. The van der Waals surface area contributed by atoms with Gasteiger partial charge in [0.05, 0.1) is 6.20 Å². The van der Waals surface area contributed by atoms with Crippen molar-refractivity contribution in [2.75, 3.05) is 5.32 Å². The predicted octanol–water partition coefficient (Wildman–Crippen LogP) is 2.39. The second-order valence-electron chi connectivity index (χ2n) is 5.97. The summed E-state index contributed by atoms with van der Waals surface area (Å²) >= 11 is 0. The summed E-state index contributed by atoms with van der Waals surface area (Å²) in [5.41, 5.74) is 0. The third-order valence-electron chi connectivity index (χ3n) is 5.00. The molecule has 3 aliphatic rings. The highest BCUT2D eigenvalue weighted by Crippen LogP contribution is 2.65. The maximum Gasteiger partial charge on any atom is 0.320 e. The zero-order valence-corrected chi connectivity index (χ0v) is 10.5. The van der Waals surface area contributed by atoms with Crippen LogP contribution in [0.5, 0.6) is 0 Å². The number of rotatable bonds is 2. The van der Waals surface area contributed by atoms with Gasteiger partial charge in [-0.2, -0.15) is 0 Å². The molecule has 4 rings (SSSR count). The van der Waals surface area contributed by atoms with Gasteiger partial charge in [0.1, 0.15) is 11.6 Å². The molecule has 2 N–H and O–H groups in total. The lowest BCUT2D eigenvalue weighted by atomic mass is 10.0. The van der Waals surface area contributed by atoms with E-state index in [4.69, 9.17) is 0 Å². The van der Waals surface area contributed by atoms with E-state index in [1.807, 2.05) is 0 Å². The van der Waals surface area contributed by atoms with E-state index in [1.165, 1.54) is 31.4 Å². The lowest BCUT2D eigenvalue weighted by Gasteiger charge is -2.11. The molecule has 0 saturated heterocycles. The molecule has 0 spiro atoms. The number of pyridine rings is 1. The molecule has 4 nitrogen and oxygen atoms in total. The third-order valence-corrected chi connectivity index (χ3v) is 5.00. The summed E-state index contributed by atoms with van der Waals surface area (Å²) in [5, 5.41) is 5.69. The van der Waals surface area contributed by atoms with E-state index in [0.717, 1.165) is 18.0 Å². The van der Waals surface area contributed by atoms with E-state index in [-0.39, 0.29) is 6.03 Å². The first-order chi connectivity index (χ1) is 9.22. The SMILES string of the molecule is O=C(Nc1ccc(F)cn1)NC1[C@@H]2[C@H]3CC[C@@H](C3)[C@H]12. The first-order valence-electron chi connectivity index (χ1n) is 6.91. The second-order valence-corrected chi connectivity index (χ2v) is 5.97. The number of nitrogens with one attached hydrogen (secondary N) is 2. The van der Waals surface area contributed by atoms with Gasteiger partial charge in [0, 0.05) is 6.04 Å². The summed E-state index contributed by atoms with van der Waals surface area (Å²) < 4.78 is 12.7. The smallest absolute Gasteiger partial charge is 0.320 e. The van der Waals surface area contributed by atoms with Crippen molar-refractivity contribution in [1.29, 1.82) is 0 Å². The van der Waals surface area contributed by atoms with Crippen molar-refractivity contribution < 1.29 is 9.18 Å². The fourth-order valence-electron chi connectivity index (χ4n) is 4.27. The molecule has 3 saturated carbocycles. The minimum atomic E-state index is -0.403. The van der Waals surface area contributed by atoms with Gasteiger partial charge in [-0.3, -0.25) is 5.32 Å². The molecule has 0 radical (unpaired) electrons. The van der Waals surface area contributed by atoms with Crippen LogP contribution in [0.2, 0.25) is 0 Å². The average molecular weight is 261 g/mol. The number of urea groups is 1. The highest BCUT2D eigenvalue weighted by Gasteiger charge is 2.65. The van der Waals surface area contributed by atoms with Crippen LogP contribution in [0.25, 0.3) is 0 Å². The zero-order chi connectivity index (χ0) is 13.0. The van der Waals surface area contributed by atoms with Crippen LogP contribution in [0.3, 0.4) is 0 Å². The third kappa shape index (κ3) is 1.79. The van der Waals surface area contributed by atoms with E-state index < -0.39 is 5.82 Å². The Kier molecular flexibility index (Phi) is 2.31. The number of carbonyl (C=O) groups excluding carboxylic acids is 1. The lowest BCUT2D eigenvalue weighted by molar-refractivity contribution is 0.249. The topological polar surface area (TPSA) is 54.0 Å². The molecule has 3 aliphatic carbocycles. The van der Waals surface area contributed by atoms with Crippen LogP contribution in [-0.2, 0) is 0 Å². The minimum absolute atomic E-state index is 0.224. The van der Waals surface area contributed by atoms with Crippen LogP contribution in [0.1, 0.15) is 19.3 Å². The van der Waals surface area contributed by atoms with Crippen molar-refractivity contribution in [2.24, 2.45) is 23.7 Å². The Balaban J connectivity index is 1.35. The van der Waals surface area contributed by atoms with Crippen LogP contribution in [0, 0.1) is 29.5 Å². The predicted molar refractivity (Wildman–Crippen MR) is 67.9 cm³/mol. The largest absolute Gasteiger partial charge is 0.334 e. The molecule has 2 amide bonds. The van der Waals surface area contributed by atoms with Crippen LogP contribution in [0.4, 0.5) is 15.0 Å². The minimum Gasteiger partial charge on any atom is -0.334 e. The second kappa shape index (κ2) is 3.92. The first-order valence-corrected chi connectivity index (χ1v) is 6.91. The Hall–Kier alpha value is -1.65. The Morgan fingerprint density at radius 2 is 2.00 bits per heavy atom. The Bertz CT molecular complexity index is 502. The number of hydrogen-bond donors (Lipinski definition) is 2. The molecular weight excluding hydrogens is 245 g/mol. The van der Waals surface area contributed by atoms with Gasteiger partial charge in [0.25, 0.3) is 0 Å². The molecule has 1 aromatic heterocycles. The van der Waals surface area contributed by atoms with Gasteiger partial charge in [-0.1, -0.05) is 0 Å². The van der Waals surface area contributed by atoms with Crippen molar-refractivity contribution in [3.63, 3.8) is 0 Å². The van der Waals surface area contributed by atoms with Crippen molar-refractivity contribution in [3.05, 3.63) is 24.1 Å². The Morgan fingerprint density at radius 3 is 2.63 bits per heavy atom. The number of fused-ring (bicyclic) bond motifs is 5. The average Bonchev–Trinajstić information content (AvgIpc) is 2.81. The maximum atomic E-state index is 12.7. The number of anilines is 1. The van der Waals surface area contributed by atoms with E-state index in [1.54, 1.807) is 0 Å². The molecule has 1 heterocycles. The van der Waals surface area contributed by atoms with Crippen LogP contribution >= 0.6 is 0 Å². The first kappa shape index (κ1) is 11.2. The number of aromatic nitrogens is 1. The lowest BCUT2D eigenvalue weighted by Crippen LogP contribution is -2.34. The monoisotopic (exact) mass is 261 g/mol. The molecule has 19 heavy (non-hydrogen) atoms. The van der Waals surface area contributed by atoms with Gasteiger partial charge in [0.15, 0.2) is 0 Å². The summed E-state index contributed by atoms with van der Waals surface area (Å²) in [6, 6.07) is 2.88. The summed E-state index contributed by atoms with van der Waals surface area (Å²) in [4.78, 5) is 15.7. The van der Waals surface area contributed by atoms with Gasteiger partial charge in [0.2, 0.25) is 0 Å². The standard InChI is InChI=1S/C14H16FN3O/c15-9-3-4-10(16-6-9)17-14(19)18-13-11-7-1-2-8(5-7)12(11)13/h3-4,6-8,11-13H,1-2,5H2,(H2,16,17,18,19)/t7-,8-,11-,12+,13?/m0/s1. The number of hydrogen-bond acceptors (Lipinski definition) is 2. The van der Waals surface area contributed by atoms with Gasteiger partial charge < -0.3 is 5.32 Å². The molecule has 5 heteroatoms. The summed E-state index contributed by atoms with van der Waals surface area (Å²) in [6.45, 7) is 0. The van der Waals surface area contributed by atoms with Crippen LogP contribution in [0.15, 0.2) is 18.3 Å².